The lowest BCUT2D eigenvalue weighted by Gasteiger charge is -2.73. The predicted octanol–water partition coefficient (Wildman–Crippen LogP) is 11.9. The van der Waals surface area contributed by atoms with Crippen LogP contribution in [0.5, 0.6) is 0 Å². The molecule has 5 rings (SSSR count). The Bertz CT molecular complexity index is 900. The van der Waals surface area contributed by atoms with E-state index in [4.69, 9.17) is 0 Å². The maximum atomic E-state index is 2.81. The molecular formula is C40H72. The molecule has 0 aromatic rings. The molecule has 0 spiro atoms. The van der Waals surface area contributed by atoms with Crippen molar-refractivity contribution in [2.24, 2.45) is 111 Å². The van der Waals surface area contributed by atoms with Crippen molar-refractivity contribution in [1.82, 2.24) is 0 Å². The molecule has 5 aliphatic carbocycles. The standard InChI is InChI=1S/C40H72/c1-22(2)32-18-33(31-16-15-24(5)17-25(31)6)27(8)36-28(9)37-30(11)40(14)29(10)35(23(3)4)26(7)19-39(40,13)21-38(37,12)20-34(32)36/h22-37H,15-21H2,1-14H3. The Kier molecular flexibility index (Phi) is 8.30. The average Bonchev–Trinajstić information content (AvgIpc) is 2.81. The molecule has 0 radical (unpaired) electrons. The molecule has 5 saturated carbocycles. The van der Waals surface area contributed by atoms with Crippen molar-refractivity contribution in [3.05, 3.63) is 0 Å². The highest BCUT2D eigenvalue weighted by Gasteiger charge is 2.69. The summed E-state index contributed by atoms with van der Waals surface area (Å²) < 4.78 is 0. The van der Waals surface area contributed by atoms with Gasteiger partial charge in [0, 0.05) is 0 Å². The molecule has 0 aliphatic heterocycles. The van der Waals surface area contributed by atoms with Crippen molar-refractivity contribution in [2.45, 2.75) is 142 Å². The summed E-state index contributed by atoms with van der Waals surface area (Å²) in [4.78, 5) is 0. The fourth-order valence-electron chi connectivity index (χ4n) is 15.5. The molecule has 0 aromatic carbocycles. The van der Waals surface area contributed by atoms with Gasteiger partial charge in [0.1, 0.15) is 0 Å². The molecule has 0 N–H and O–H groups in total. The van der Waals surface area contributed by atoms with Crippen LogP contribution in [-0.4, -0.2) is 0 Å². The van der Waals surface area contributed by atoms with E-state index in [1.807, 2.05) is 0 Å². The minimum atomic E-state index is 0.447. The molecule has 0 saturated heterocycles. The van der Waals surface area contributed by atoms with Crippen LogP contribution in [0.2, 0.25) is 0 Å². The Morgan fingerprint density at radius 3 is 1.85 bits per heavy atom. The highest BCUT2D eigenvalue weighted by atomic mass is 14.7. The summed E-state index contributed by atoms with van der Waals surface area (Å²) in [7, 11) is 0. The van der Waals surface area contributed by atoms with Crippen LogP contribution < -0.4 is 0 Å². The summed E-state index contributed by atoms with van der Waals surface area (Å²) in [6.07, 6.45) is 10.5. The Morgan fingerprint density at radius 2 is 1.27 bits per heavy atom. The summed E-state index contributed by atoms with van der Waals surface area (Å²) >= 11 is 0. The van der Waals surface area contributed by atoms with E-state index in [1.165, 1.54) is 44.9 Å². The highest BCUT2D eigenvalue weighted by Crippen LogP contribution is 2.75. The molecule has 232 valence electrons. The Labute approximate surface area is 252 Å². The normalized spacial score (nSPS) is 58.8. The van der Waals surface area contributed by atoms with Crippen molar-refractivity contribution in [3.63, 3.8) is 0 Å². The minimum Gasteiger partial charge on any atom is -0.0625 e. The van der Waals surface area contributed by atoms with E-state index >= 15 is 0 Å². The average molecular weight is 553 g/mol. The molecule has 0 aromatic heterocycles. The molecule has 17 atom stereocenters. The zero-order valence-corrected chi connectivity index (χ0v) is 29.7. The number of hydrogen-bond donors (Lipinski definition) is 0. The third-order valence-corrected chi connectivity index (χ3v) is 16.8. The van der Waals surface area contributed by atoms with Crippen molar-refractivity contribution in [3.8, 4) is 0 Å². The summed E-state index contributed by atoms with van der Waals surface area (Å²) in [5, 5.41) is 0. The maximum absolute atomic E-state index is 2.81. The highest BCUT2D eigenvalue weighted by molar-refractivity contribution is 5.17. The van der Waals surface area contributed by atoms with Gasteiger partial charge >= 0.3 is 0 Å². The first-order valence-electron chi connectivity index (χ1n) is 18.5. The zero-order chi connectivity index (χ0) is 29.7. The van der Waals surface area contributed by atoms with Gasteiger partial charge in [0.25, 0.3) is 0 Å². The Hall–Kier alpha value is 0. The first kappa shape index (κ1) is 31.4. The van der Waals surface area contributed by atoms with E-state index in [0.29, 0.717) is 16.2 Å². The van der Waals surface area contributed by atoms with E-state index in [1.54, 1.807) is 0 Å². The number of hydrogen-bond acceptors (Lipinski definition) is 0. The van der Waals surface area contributed by atoms with Crippen LogP contribution in [-0.2, 0) is 0 Å². The molecule has 0 nitrogen and oxygen atoms in total. The first-order valence-corrected chi connectivity index (χ1v) is 18.5. The van der Waals surface area contributed by atoms with E-state index in [0.717, 1.165) is 94.7 Å². The van der Waals surface area contributed by atoms with E-state index in [2.05, 4.69) is 96.9 Å². The molecule has 0 heteroatoms. The molecule has 0 heterocycles. The molecule has 5 aliphatic rings. The summed E-state index contributed by atoms with van der Waals surface area (Å²) in [5.74, 6) is 14.3. The van der Waals surface area contributed by atoms with Gasteiger partial charge in [0.2, 0.25) is 0 Å². The van der Waals surface area contributed by atoms with Crippen LogP contribution in [0.1, 0.15) is 142 Å². The molecular weight excluding hydrogens is 480 g/mol. The van der Waals surface area contributed by atoms with Crippen LogP contribution in [0, 0.1) is 111 Å². The lowest BCUT2D eigenvalue weighted by atomic mass is 9.31. The van der Waals surface area contributed by atoms with Crippen LogP contribution in [0.4, 0.5) is 0 Å². The largest absolute Gasteiger partial charge is 0.0625 e. The monoisotopic (exact) mass is 553 g/mol. The minimum absolute atomic E-state index is 0.447. The second-order valence-corrected chi connectivity index (χ2v) is 19.3. The van der Waals surface area contributed by atoms with E-state index < -0.39 is 0 Å². The van der Waals surface area contributed by atoms with Gasteiger partial charge in [0.15, 0.2) is 0 Å². The lowest BCUT2D eigenvalue weighted by molar-refractivity contribution is -0.252. The quantitative estimate of drug-likeness (QED) is 0.326. The lowest BCUT2D eigenvalue weighted by Crippen LogP contribution is -2.67. The summed E-state index contributed by atoms with van der Waals surface area (Å²) in [5.41, 5.74) is 1.42. The van der Waals surface area contributed by atoms with E-state index in [9.17, 15) is 0 Å². The van der Waals surface area contributed by atoms with Gasteiger partial charge in [-0.25, -0.2) is 0 Å². The van der Waals surface area contributed by atoms with Crippen molar-refractivity contribution in [2.75, 3.05) is 0 Å². The molecule has 40 heavy (non-hydrogen) atoms. The third-order valence-electron chi connectivity index (χ3n) is 16.8. The predicted molar refractivity (Wildman–Crippen MR) is 175 cm³/mol. The van der Waals surface area contributed by atoms with Gasteiger partial charge in [-0.3, -0.25) is 0 Å². The van der Waals surface area contributed by atoms with Gasteiger partial charge < -0.3 is 0 Å². The van der Waals surface area contributed by atoms with Gasteiger partial charge in [-0.1, -0.05) is 103 Å². The molecule has 0 bridgehead atoms. The zero-order valence-electron chi connectivity index (χ0n) is 29.7. The maximum Gasteiger partial charge on any atom is -0.0215 e. The fraction of sp³-hybridized carbons (Fsp3) is 1.00. The van der Waals surface area contributed by atoms with Crippen molar-refractivity contribution < 1.29 is 0 Å². The first-order chi connectivity index (χ1) is 18.5. The summed E-state index contributed by atoms with van der Waals surface area (Å²) in [6, 6.07) is 0. The third kappa shape index (κ3) is 4.46. The molecule has 17 unspecified atom stereocenters. The van der Waals surface area contributed by atoms with Crippen LogP contribution in [0.15, 0.2) is 0 Å². The Balaban J connectivity index is 1.53. The van der Waals surface area contributed by atoms with Gasteiger partial charge in [-0.15, -0.1) is 0 Å². The van der Waals surface area contributed by atoms with Gasteiger partial charge in [0.05, 0.1) is 0 Å². The van der Waals surface area contributed by atoms with Gasteiger partial charge in [-0.05, 0) is 149 Å². The van der Waals surface area contributed by atoms with Gasteiger partial charge in [-0.2, -0.15) is 0 Å². The van der Waals surface area contributed by atoms with Crippen LogP contribution >= 0.6 is 0 Å². The van der Waals surface area contributed by atoms with E-state index in [-0.39, 0.29) is 0 Å². The van der Waals surface area contributed by atoms with Crippen molar-refractivity contribution in [1.29, 1.82) is 0 Å². The summed E-state index contributed by atoms with van der Waals surface area (Å²) in [6.45, 7) is 37.4. The number of rotatable bonds is 3. The molecule has 0 amide bonds. The smallest absolute Gasteiger partial charge is 0.0215 e. The van der Waals surface area contributed by atoms with Crippen LogP contribution in [0.3, 0.4) is 0 Å². The fourth-order valence-corrected chi connectivity index (χ4v) is 15.5. The SMILES string of the molecule is CC1CCC(C2CC(C(C)C)C3CC4(C)CC5(C)CC(C)C(C(C)C)C(C)C5(C)C(C)C4C(C)C3C2C)C(C)C1. The second kappa shape index (κ2) is 10.6. The number of fused-ring (bicyclic) bond motifs is 3. The van der Waals surface area contributed by atoms with Crippen molar-refractivity contribution >= 4 is 0 Å². The Morgan fingerprint density at radius 1 is 0.625 bits per heavy atom. The van der Waals surface area contributed by atoms with Crippen LogP contribution in [0.25, 0.3) is 0 Å². The topological polar surface area (TPSA) is 0 Å². The molecule has 5 fully saturated rings. The second-order valence-electron chi connectivity index (χ2n) is 19.3.